The highest BCUT2D eigenvalue weighted by Gasteiger charge is 2.38. The standard InChI is InChI=1S/C18H25N3O2/c22-17-16(15-7-3-1-2-4-8-15)13-20-18(23)21(17)11-9-14-6-5-10-19-12-14/h5-6,10,12,15-16H,1-4,7-9,11,13H2,(H,20,23). The zero-order valence-electron chi connectivity index (χ0n) is 13.5. The Kier molecular flexibility index (Phi) is 5.26. The third-order valence-corrected chi connectivity index (χ3v) is 5.12. The number of rotatable bonds is 4. The third kappa shape index (κ3) is 3.89. The normalized spacial score (nSPS) is 23.5. The van der Waals surface area contributed by atoms with E-state index >= 15 is 0 Å². The first kappa shape index (κ1) is 16.0. The predicted octanol–water partition coefficient (Wildman–Crippen LogP) is 2.76. The fourth-order valence-electron chi connectivity index (χ4n) is 3.76. The Labute approximate surface area is 137 Å². The summed E-state index contributed by atoms with van der Waals surface area (Å²) in [6, 6.07) is 3.60. The van der Waals surface area contributed by atoms with Crippen molar-refractivity contribution in [2.24, 2.45) is 11.8 Å². The number of nitrogens with zero attached hydrogens (tertiary/aromatic N) is 2. The Hall–Kier alpha value is -1.91. The molecule has 5 nitrogen and oxygen atoms in total. The maximum atomic E-state index is 12.8. The SMILES string of the molecule is O=C1NCC(C2CCCCCC2)C(=O)N1CCc1cccnc1. The van der Waals surface area contributed by atoms with Gasteiger partial charge >= 0.3 is 6.03 Å². The van der Waals surface area contributed by atoms with E-state index < -0.39 is 0 Å². The molecular formula is C18H25N3O2. The zero-order valence-corrected chi connectivity index (χ0v) is 13.5. The molecule has 2 fully saturated rings. The molecule has 1 aromatic rings. The van der Waals surface area contributed by atoms with E-state index in [0.717, 1.165) is 18.4 Å². The lowest BCUT2D eigenvalue weighted by atomic mass is 9.84. The average molecular weight is 315 g/mol. The van der Waals surface area contributed by atoms with Gasteiger partial charge in [0.2, 0.25) is 5.91 Å². The summed E-state index contributed by atoms with van der Waals surface area (Å²) in [5.41, 5.74) is 1.05. The molecule has 5 heteroatoms. The van der Waals surface area contributed by atoms with Crippen molar-refractivity contribution in [3.63, 3.8) is 0 Å². The van der Waals surface area contributed by atoms with Crippen LogP contribution in [-0.4, -0.2) is 34.9 Å². The molecule has 124 valence electrons. The molecule has 1 saturated heterocycles. The molecule has 2 heterocycles. The van der Waals surface area contributed by atoms with Gasteiger partial charge in [-0.25, -0.2) is 4.79 Å². The van der Waals surface area contributed by atoms with E-state index in [9.17, 15) is 9.59 Å². The molecule has 0 radical (unpaired) electrons. The van der Waals surface area contributed by atoms with Gasteiger partial charge in [0.25, 0.3) is 0 Å². The number of nitrogens with one attached hydrogen (secondary N) is 1. The van der Waals surface area contributed by atoms with Crippen molar-refractivity contribution in [2.45, 2.75) is 44.9 Å². The van der Waals surface area contributed by atoms with Gasteiger partial charge < -0.3 is 5.32 Å². The van der Waals surface area contributed by atoms with Crippen molar-refractivity contribution >= 4 is 11.9 Å². The van der Waals surface area contributed by atoms with E-state index in [2.05, 4.69) is 10.3 Å². The lowest BCUT2D eigenvalue weighted by Crippen LogP contribution is -2.57. The van der Waals surface area contributed by atoms with Gasteiger partial charge in [-0.15, -0.1) is 0 Å². The Morgan fingerprint density at radius 2 is 1.96 bits per heavy atom. The van der Waals surface area contributed by atoms with Crippen LogP contribution >= 0.6 is 0 Å². The summed E-state index contributed by atoms with van der Waals surface area (Å²) >= 11 is 0. The number of imide groups is 1. The molecule has 3 amide bonds. The van der Waals surface area contributed by atoms with E-state index in [-0.39, 0.29) is 17.9 Å². The van der Waals surface area contributed by atoms with E-state index in [1.165, 1.54) is 30.6 Å². The largest absolute Gasteiger partial charge is 0.337 e. The molecule has 2 aliphatic rings. The first-order valence-corrected chi connectivity index (χ1v) is 8.74. The van der Waals surface area contributed by atoms with Gasteiger partial charge in [0, 0.05) is 25.5 Å². The topological polar surface area (TPSA) is 62.3 Å². The number of hydrogen-bond donors (Lipinski definition) is 1. The van der Waals surface area contributed by atoms with Gasteiger partial charge in [-0.2, -0.15) is 0 Å². The molecule has 3 rings (SSSR count). The van der Waals surface area contributed by atoms with Gasteiger partial charge in [0.15, 0.2) is 0 Å². The minimum absolute atomic E-state index is 0.0181. The van der Waals surface area contributed by atoms with Crippen molar-refractivity contribution in [2.75, 3.05) is 13.1 Å². The van der Waals surface area contributed by atoms with Gasteiger partial charge in [-0.3, -0.25) is 14.7 Å². The molecule has 1 aliphatic heterocycles. The minimum atomic E-state index is -0.247. The second-order valence-electron chi connectivity index (χ2n) is 6.65. The molecule has 1 saturated carbocycles. The van der Waals surface area contributed by atoms with Crippen LogP contribution in [0.3, 0.4) is 0 Å². The number of pyridine rings is 1. The van der Waals surface area contributed by atoms with Crippen LogP contribution in [0.25, 0.3) is 0 Å². The maximum absolute atomic E-state index is 12.8. The van der Waals surface area contributed by atoms with Crippen molar-refractivity contribution in [3.8, 4) is 0 Å². The van der Waals surface area contributed by atoms with Crippen LogP contribution < -0.4 is 5.32 Å². The molecule has 0 aromatic carbocycles. The molecule has 1 unspecified atom stereocenters. The van der Waals surface area contributed by atoms with E-state index in [0.29, 0.717) is 25.4 Å². The highest BCUT2D eigenvalue weighted by atomic mass is 16.2. The van der Waals surface area contributed by atoms with Crippen LogP contribution in [0.2, 0.25) is 0 Å². The lowest BCUT2D eigenvalue weighted by molar-refractivity contribution is -0.135. The van der Waals surface area contributed by atoms with Crippen LogP contribution in [-0.2, 0) is 11.2 Å². The Bertz CT molecular complexity index is 538. The predicted molar refractivity (Wildman–Crippen MR) is 87.7 cm³/mol. The minimum Gasteiger partial charge on any atom is -0.337 e. The van der Waals surface area contributed by atoms with Crippen molar-refractivity contribution in [1.29, 1.82) is 0 Å². The van der Waals surface area contributed by atoms with Crippen molar-refractivity contribution in [1.82, 2.24) is 15.2 Å². The number of hydrogen-bond acceptors (Lipinski definition) is 3. The smallest absolute Gasteiger partial charge is 0.324 e. The van der Waals surface area contributed by atoms with E-state index in [1.807, 2.05) is 12.1 Å². The van der Waals surface area contributed by atoms with Crippen LogP contribution in [0.5, 0.6) is 0 Å². The van der Waals surface area contributed by atoms with Gasteiger partial charge in [-0.05, 0) is 36.8 Å². The van der Waals surface area contributed by atoms with Crippen LogP contribution in [0, 0.1) is 11.8 Å². The fraction of sp³-hybridized carbons (Fsp3) is 0.611. The van der Waals surface area contributed by atoms with Crippen molar-refractivity contribution < 1.29 is 9.59 Å². The monoisotopic (exact) mass is 315 g/mol. The summed E-state index contributed by atoms with van der Waals surface area (Å²) in [5, 5.41) is 2.92. The lowest BCUT2D eigenvalue weighted by Gasteiger charge is -2.35. The Balaban J connectivity index is 1.64. The van der Waals surface area contributed by atoms with Crippen LogP contribution in [0.15, 0.2) is 24.5 Å². The quantitative estimate of drug-likeness (QED) is 0.869. The number of carbonyl (C=O) groups excluding carboxylic acids is 2. The summed E-state index contributed by atoms with van der Waals surface area (Å²) in [6.45, 7) is 0.936. The Morgan fingerprint density at radius 1 is 1.17 bits per heavy atom. The summed E-state index contributed by atoms with van der Waals surface area (Å²) < 4.78 is 0. The maximum Gasteiger partial charge on any atom is 0.324 e. The summed E-state index contributed by atoms with van der Waals surface area (Å²) in [4.78, 5) is 30.4. The second kappa shape index (κ2) is 7.57. The van der Waals surface area contributed by atoms with E-state index in [1.54, 1.807) is 12.4 Å². The third-order valence-electron chi connectivity index (χ3n) is 5.12. The average Bonchev–Trinajstić information content (AvgIpc) is 2.85. The summed E-state index contributed by atoms with van der Waals surface area (Å²) in [5.74, 6) is 0.399. The number of aromatic nitrogens is 1. The summed E-state index contributed by atoms with van der Waals surface area (Å²) in [7, 11) is 0. The number of amides is 3. The first-order chi connectivity index (χ1) is 11.3. The molecule has 0 bridgehead atoms. The van der Waals surface area contributed by atoms with E-state index in [4.69, 9.17) is 0 Å². The first-order valence-electron chi connectivity index (χ1n) is 8.74. The van der Waals surface area contributed by atoms with Crippen LogP contribution in [0.4, 0.5) is 4.79 Å². The highest BCUT2D eigenvalue weighted by Crippen LogP contribution is 2.31. The highest BCUT2D eigenvalue weighted by molar-refractivity contribution is 5.98. The molecule has 23 heavy (non-hydrogen) atoms. The van der Waals surface area contributed by atoms with Gasteiger partial charge in [0.1, 0.15) is 0 Å². The molecule has 1 aromatic heterocycles. The molecule has 0 spiro atoms. The van der Waals surface area contributed by atoms with Crippen molar-refractivity contribution in [3.05, 3.63) is 30.1 Å². The summed E-state index contributed by atoms with van der Waals surface area (Å²) in [6.07, 6.45) is 11.4. The Morgan fingerprint density at radius 3 is 2.65 bits per heavy atom. The fourth-order valence-corrected chi connectivity index (χ4v) is 3.76. The van der Waals surface area contributed by atoms with Crippen LogP contribution in [0.1, 0.15) is 44.1 Å². The molecule has 1 aliphatic carbocycles. The second-order valence-corrected chi connectivity index (χ2v) is 6.65. The number of urea groups is 1. The van der Waals surface area contributed by atoms with Gasteiger partial charge in [0.05, 0.1) is 5.92 Å². The zero-order chi connectivity index (χ0) is 16.1. The van der Waals surface area contributed by atoms with Gasteiger partial charge in [-0.1, -0.05) is 31.7 Å². The molecule has 1 atom stereocenters. The molecular weight excluding hydrogens is 290 g/mol. The number of carbonyl (C=O) groups is 2. The molecule has 1 N–H and O–H groups in total.